The van der Waals surface area contributed by atoms with Crippen molar-refractivity contribution in [2.45, 2.75) is 24.4 Å². The van der Waals surface area contributed by atoms with Crippen LogP contribution in [0.2, 0.25) is 5.02 Å². The minimum absolute atomic E-state index is 0.0133. The van der Waals surface area contributed by atoms with E-state index in [0.717, 1.165) is 24.3 Å². The summed E-state index contributed by atoms with van der Waals surface area (Å²) in [7, 11) is 1.40. The number of urea groups is 1. The highest BCUT2D eigenvalue weighted by atomic mass is 35.5. The van der Waals surface area contributed by atoms with Crippen molar-refractivity contribution in [2.75, 3.05) is 23.9 Å². The summed E-state index contributed by atoms with van der Waals surface area (Å²) in [5.41, 5.74) is -3.72. The first-order valence-electron chi connectivity index (χ1n) is 11.4. The summed E-state index contributed by atoms with van der Waals surface area (Å²) in [4.78, 5) is 26.9. The van der Waals surface area contributed by atoms with Crippen molar-refractivity contribution in [1.29, 1.82) is 0 Å². The second-order valence-electron chi connectivity index (χ2n) is 9.15. The molecule has 5 rings (SSSR count). The fourth-order valence-corrected chi connectivity index (χ4v) is 5.12. The van der Waals surface area contributed by atoms with Gasteiger partial charge in [0.1, 0.15) is 11.6 Å². The van der Waals surface area contributed by atoms with Crippen LogP contribution in [0.3, 0.4) is 0 Å². The highest BCUT2D eigenvalue weighted by Crippen LogP contribution is 2.49. The number of carbonyl (C=O) groups is 2. The number of ether oxygens (including phenoxy) is 1. The number of benzene rings is 3. The number of hydrogen-bond donors (Lipinski definition) is 3. The van der Waals surface area contributed by atoms with Crippen LogP contribution < -0.4 is 15.5 Å². The van der Waals surface area contributed by atoms with E-state index >= 15 is 0 Å². The summed E-state index contributed by atoms with van der Waals surface area (Å²) in [5.74, 6) is -2.22. The molecule has 0 saturated carbocycles. The molecule has 0 saturated heterocycles. The van der Waals surface area contributed by atoms with E-state index in [1.54, 1.807) is 0 Å². The van der Waals surface area contributed by atoms with Gasteiger partial charge in [-0.3, -0.25) is 9.69 Å². The number of carbonyl (C=O) groups excluding carboxylic acids is 2. The molecule has 3 amide bonds. The maximum absolute atomic E-state index is 14.1. The molecular weight excluding hydrogens is 549 g/mol. The zero-order valence-corrected chi connectivity index (χ0v) is 20.8. The largest absolute Gasteiger partial charge is 0.423 e. The molecule has 13 heteroatoms. The molecule has 0 aromatic heterocycles. The van der Waals surface area contributed by atoms with Crippen LogP contribution >= 0.6 is 11.6 Å². The van der Waals surface area contributed by atoms with E-state index in [0.29, 0.717) is 16.5 Å². The molecule has 2 aliphatic heterocycles. The van der Waals surface area contributed by atoms with Gasteiger partial charge in [0.15, 0.2) is 0 Å². The molecule has 0 aliphatic carbocycles. The van der Waals surface area contributed by atoms with Gasteiger partial charge < -0.3 is 20.5 Å². The molecule has 2 heterocycles. The number of rotatable bonds is 4. The topological polar surface area (TPSA) is 90.9 Å². The van der Waals surface area contributed by atoms with E-state index in [1.165, 1.54) is 25.3 Å². The van der Waals surface area contributed by atoms with Crippen LogP contribution in [0.25, 0.3) is 0 Å². The van der Waals surface area contributed by atoms with Crippen LogP contribution in [0.5, 0.6) is 0 Å². The summed E-state index contributed by atoms with van der Waals surface area (Å²) < 4.78 is 74.6. The average molecular weight is 568 g/mol. The third kappa shape index (κ3) is 4.48. The molecule has 3 N–H and O–H groups in total. The number of amides is 3. The number of nitrogens with zero attached hydrogens (tertiary/aromatic N) is 1. The number of halogens is 6. The molecule has 3 aromatic rings. The lowest BCUT2D eigenvalue weighted by Crippen LogP contribution is -2.48. The van der Waals surface area contributed by atoms with E-state index < -0.39 is 53.5 Å². The number of fused-ring (bicyclic) bond motifs is 2. The van der Waals surface area contributed by atoms with Gasteiger partial charge in [0, 0.05) is 40.1 Å². The molecule has 0 bridgehead atoms. The molecule has 0 fully saturated rings. The minimum atomic E-state index is -5.22. The predicted octanol–water partition coefficient (Wildman–Crippen LogP) is 5.40. The molecule has 7 nitrogen and oxygen atoms in total. The predicted molar refractivity (Wildman–Crippen MR) is 131 cm³/mol. The number of nitrogens with one attached hydrogen (secondary N) is 2. The summed E-state index contributed by atoms with van der Waals surface area (Å²) in [6.45, 7) is -1.22. The molecule has 2 atom stereocenters. The number of hydrogen-bond acceptors (Lipinski definition) is 4. The van der Waals surface area contributed by atoms with E-state index in [9.17, 15) is 36.6 Å². The Morgan fingerprint density at radius 1 is 1.18 bits per heavy atom. The Bertz CT molecular complexity index is 1520. The minimum Gasteiger partial charge on any atom is -0.380 e. The van der Waals surface area contributed by atoms with E-state index in [-0.39, 0.29) is 39.7 Å². The number of β-amino-alcohol motifs (C(OH)–C–C–N with tert-alkyl or cyclic N) is 1. The van der Waals surface area contributed by atoms with Gasteiger partial charge in [-0.2, -0.15) is 13.2 Å². The third-order valence-corrected chi connectivity index (χ3v) is 7.01. The normalized spacial score (nSPS) is 20.1. The lowest BCUT2D eigenvalue weighted by Gasteiger charge is -2.27. The summed E-state index contributed by atoms with van der Waals surface area (Å²) >= 11 is 6.28. The number of methoxy groups -OCH3 is 1. The summed E-state index contributed by atoms with van der Waals surface area (Å²) in [6, 6.07) is 6.76. The van der Waals surface area contributed by atoms with E-state index in [4.69, 9.17) is 16.3 Å². The van der Waals surface area contributed by atoms with Gasteiger partial charge in [-0.25, -0.2) is 13.6 Å². The van der Waals surface area contributed by atoms with Crippen molar-refractivity contribution < 1.29 is 41.4 Å². The van der Waals surface area contributed by atoms with Crippen LogP contribution in [0.1, 0.15) is 38.7 Å². The quantitative estimate of drug-likeness (QED) is 0.368. The highest BCUT2D eigenvalue weighted by Gasteiger charge is 2.61. The van der Waals surface area contributed by atoms with Gasteiger partial charge in [0.2, 0.25) is 5.60 Å². The molecular formula is C26H19ClF5N3O4. The average Bonchev–Trinajstić information content (AvgIpc) is 3.36. The molecule has 2 aliphatic rings. The summed E-state index contributed by atoms with van der Waals surface area (Å²) in [6.07, 6.45) is -5.22. The van der Waals surface area contributed by atoms with Crippen LogP contribution in [-0.4, -0.2) is 36.9 Å². The lowest BCUT2D eigenvalue weighted by molar-refractivity contribution is -0.258. The van der Waals surface area contributed by atoms with Gasteiger partial charge >= 0.3 is 12.2 Å². The van der Waals surface area contributed by atoms with Crippen molar-refractivity contribution in [2.24, 2.45) is 0 Å². The fraction of sp³-hybridized carbons (Fsp3) is 0.231. The Balaban J connectivity index is 1.59. The first-order chi connectivity index (χ1) is 18.3. The second kappa shape index (κ2) is 9.47. The molecule has 0 spiro atoms. The number of alkyl halides is 3. The Labute approximate surface area is 223 Å². The van der Waals surface area contributed by atoms with Crippen molar-refractivity contribution >= 4 is 34.9 Å². The SMILES string of the molecule is COCc1cc(NC(=O)N2C[C@@](O)(C(F)(F)F)c3cc(F)ccc32)c2c(c1)C(=O)N[C@@H]2c1cc(F)ccc1Cl. The Morgan fingerprint density at radius 2 is 1.87 bits per heavy atom. The lowest BCUT2D eigenvalue weighted by atomic mass is 9.94. The van der Waals surface area contributed by atoms with Crippen molar-refractivity contribution in [1.82, 2.24) is 5.32 Å². The van der Waals surface area contributed by atoms with Crippen LogP contribution in [-0.2, 0) is 16.9 Å². The third-order valence-electron chi connectivity index (χ3n) is 6.67. The number of anilines is 2. The maximum Gasteiger partial charge on any atom is 0.423 e. The number of aliphatic hydroxyl groups is 1. The fourth-order valence-electron chi connectivity index (χ4n) is 4.90. The van der Waals surface area contributed by atoms with Crippen molar-refractivity contribution in [3.8, 4) is 0 Å². The Hall–Kier alpha value is -3.74. The molecule has 0 radical (unpaired) electrons. The monoisotopic (exact) mass is 567 g/mol. The van der Waals surface area contributed by atoms with Gasteiger partial charge in [0.05, 0.1) is 24.9 Å². The van der Waals surface area contributed by atoms with Gasteiger partial charge in [-0.1, -0.05) is 11.6 Å². The zero-order valence-electron chi connectivity index (χ0n) is 20.0. The highest BCUT2D eigenvalue weighted by molar-refractivity contribution is 6.31. The van der Waals surface area contributed by atoms with Gasteiger partial charge in [-0.15, -0.1) is 0 Å². The first-order valence-corrected chi connectivity index (χ1v) is 11.8. The zero-order chi connectivity index (χ0) is 28.3. The molecule has 0 unspecified atom stereocenters. The smallest absolute Gasteiger partial charge is 0.380 e. The molecule has 39 heavy (non-hydrogen) atoms. The van der Waals surface area contributed by atoms with Gasteiger partial charge in [0.25, 0.3) is 5.91 Å². The van der Waals surface area contributed by atoms with Crippen LogP contribution in [0.15, 0.2) is 48.5 Å². The van der Waals surface area contributed by atoms with Crippen LogP contribution in [0.4, 0.5) is 38.1 Å². The van der Waals surface area contributed by atoms with Gasteiger partial charge in [-0.05, 0) is 54.1 Å². The summed E-state index contributed by atoms with van der Waals surface area (Å²) in [5, 5.41) is 15.8. The molecule has 204 valence electrons. The van der Waals surface area contributed by atoms with E-state index in [2.05, 4.69) is 10.6 Å². The van der Waals surface area contributed by atoms with Crippen molar-refractivity contribution in [3.63, 3.8) is 0 Å². The standard InChI is InChI=1S/C26H19ClF5N3O4/c1-39-10-12-6-16-21(22(34-23(16)36)15-8-13(28)2-4-18(15)27)19(7-12)33-24(37)35-11-25(38,26(30,31)32)17-9-14(29)3-5-20(17)35/h2-9,22,38H,10-11H2,1H3,(H,33,37)(H,34,36)/t22-,25+/m1/s1. The Morgan fingerprint density at radius 3 is 2.56 bits per heavy atom. The Kier molecular flexibility index (Phi) is 6.52. The maximum atomic E-state index is 14.1. The van der Waals surface area contributed by atoms with Crippen LogP contribution in [0, 0.1) is 11.6 Å². The van der Waals surface area contributed by atoms with E-state index in [1.807, 2.05) is 0 Å². The second-order valence-corrected chi connectivity index (χ2v) is 9.55. The van der Waals surface area contributed by atoms with Crippen molar-refractivity contribution in [3.05, 3.63) is 93.0 Å². The first kappa shape index (κ1) is 26.9. The molecule has 3 aromatic carbocycles.